The summed E-state index contributed by atoms with van der Waals surface area (Å²) in [6.45, 7) is 10.4. The Morgan fingerprint density at radius 1 is 1.19 bits per heavy atom. The number of hydrogen-bond acceptors (Lipinski definition) is 8. The molecule has 1 unspecified atom stereocenters. The van der Waals surface area contributed by atoms with Crippen LogP contribution in [0.5, 0.6) is 0 Å². The first kappa shape index (κ1) is 23.4. The second-order valence-electron chi connectivity index (χ2n) is 8.28. The number of H-pyrrole nitrogens is 1. The molecule has 0 spiro atoms. The molecule has 1 N–H and O–H groups in total. The topological polar surface area (TPSA) is 138 Å². The Hall–Kier alpha value is -3.24. The van der Waals surface area contributed by atoms with Gasteiger partial charge in [0.1, 0.15) is 5.82 Å². The smallest absolute Gasteiger partial charge is 0.330 e. The van der Waals surface area contributed by atoms with Gasteiger partial charge in [0.05, 0.1) is 6.42 Å². The summed E-state index contributed by atoms with van der Waals surface area (Å²) in [6, 6.07) is 0. The standard InChI is InChI=1S/C21H30N6O5/c1-6-7-10-26-18-17(19(29)24-21(26)30)27(11-12(2)3)15(23-18)8-9-16(28)31-13(4)20-22-14(5)25-32-20/h12-13H,6-11H2,1-5H3,(H,24,29,30). The Morgan fingerprint density at radius 2 is 1.94 bits per heavy atom. The zero-order valence-corrected chi connectivity index (χ0v) is 19.2. The van der Waals surface area contributed by atoms with Gasteiger partial charge in [0.2, 0.25) is 0 Å². The van der Waals surface area contributed by atoms with Crippen LogP contribution in [0, 0.1) is 12.8 Å². The predicted octanol–water partition coefficient (Wildman–Crippen LogP) is 2.27. The molecule has 0 aliphatic heterocycles. The van der Waals surface area contributed by atoms with Gasteiger partial charge >= 0.3 is 11.7 Å². The minimum Gasteiger partial charge on any atom is -0.453 e. The number of aromatic amines is 1. The summed E-state index contributed by atoms with van der Waals surface area (Å²) in [5.41, 5.74) is -0.238. The lowest BCUT2D eigenvalue weighted by Gasteiger charge is -2.12. The molecule has 0 aromatic carbocycles. The van der Waals surface area contributed by atoms with Gasteiger partial charge in [-0.25, -0.2) is 9.78 Å². The molecule has 1 atom stereocenters. The Bertz CT molecular complexity index is 1200. The Balaban J connectivity index is 1.87. The Morgan fingerprint density at radius 3 is 2.56 bits per heavy atom. The number of nitrogens with one attached hydrogen (secondary N) is 1. The monoisotopic (exact) mass is 446 g/mol. The number of carbonyl (C=O) groups is 1. The van der Waals surface area contributed by atoms with E-state index in [0.29, 0.717) is 35.9 Å². The fraction of sp³-hybridized carbons (Fsp3) is 0.619. The van der Waals surface area contributed by atoms with Crippen molar-refractivity contribution >= 4 is 17.1 Å². The van der Waals surface area contributed by atoms with Crippen molar-refractivity contribution in [1.82, 2.24) is 29.2 Å². The minimum absolute atomic E-state index is 0.0516. The molecule has 0 radical (unpaired) electrons. The quantitative estimate of drug-likeness (QED) is 0.468. The third-order valence-corrected chi connectivity index (χ3v) is 5.00. The molecule has 3 rings (SSSR count). The van der Waals surface area contributed by atoms with E-state index in [0.717, 1.165) is 12.8 Å². The van der Waals surface area contributed by atoms with Gasteiger partial charge < -0.3 is 13.8 Å². The number of ether oxygens (including phenoxy) is 1. The zero-order valence-electron chi connectivity index (χ0n) is 19.2. The van der Waals surface area contributed by atoms with Crippen LogP contribution in [-0.2, 0) is 29.0 Å². The summed E-state index contributed by atoms with van der Waals surface area (Å²) in [5.74, 6) is 1.04. The number of aryl methyl sites for hydroxylation is 3. The third-order valence-electron chi connectivity index (χ3n) is 5.00. The fourth-order valence-corrected chi connectivity index (χ4v) is 3.49. The van der Waals surface area contributed by atoms with E-state index < -0.39 is 23.3 Å². The van der Waals surface area contributed by atoms with Crippen molar-refractivity contribution in [3.05, 3.63) is 38.4 Å². The first-order valence-electron chi connectivity index (χ1n) is 10.9. The van der Waals surface area contributed by atoms with Crippen molar-refractivity contribution in [3.8, 4) is 0 Å². The third kappa shape index (κ3) is 5.14. The Labute approximate surface area is 184 Å². The first-order valence-corrected chi connectivity index (χ1v) is 10.9. The summed E-state index contributed by atoms with van der Waals surface area (Å²) >= 11 is 0. The second kappa shape index (κ2) is 9.92. The molecular weight excluding hydrogens is 416 g/mol. The van der Waals surface area contributed by atoms with Crippen LogP contribution >= 0.6 is 0 Å². The molecule has 0 aliphatic rings. The molecule has 0 fully saturated rings. The van der Waals surface area contributed by atoms with E-state index in [1.54, 1.807) is 18.4 Å². The largest absolute Gasteiger partial charge is 0.453 e. The zero-order chi connectivity index (χ0) is 23.4. The molecule has 0 aliphatic carbocycles. The molecule has 3 aromatic rings. The van der Waals surface area contributed by atoms with Crippen molar-refractivity contribution in [2.45, 2.75) is 79.5 Å². The summed E-state index contributed by atoms with van der Waals surface area (Å²) in [7, 11) is 0. The SMILES string of the molecule is CCCCn1c(=O)[nH]c(=O)c2c1nc(CCC(=O)OC(C)c1nc(C)no1)n2CC(C)C. The van der Waals surface area contributed by atoms with E-state index in [9.17, 15) is 14.4 Å². The van der Waals surface area contributed by atoms with Crippen LogP contribution in [0.15, 0.2) is 14.1 Å². The van der Waals surface area contributed by atoms with Gasteiger partial charge in [0.15, 0.2) is 23.1 Å². The number of hydrogen-bond donors (Lipinski definition) is 1. The number of fused-ring (bicyclic) bond motifs is 1. The molecule has 0 saturated heterocycles. The average Bonchev–Trinajstić information content (AvgIpc) is 3.30. The van der Waals surface area contributed by atoms with E-state index in [1.165, 1.54) is 4.57 Å². The maximum Gasteiger partial charge on any atom is 0.330 e. The van der Waals surface area contributed by atoms with Crippen molar-refractivity contribution < 1.29 is 14.1 Å². The van der Waals surface area contributed by atoms with Crippen LogP contribution in [0.4, 0.5) is 0 Å². The lowest BCUT2D eigenvalue weighted by atomic mass is 10.2. The van der Waals surface area contributed by atoms with E-state index in [2.05, 4.69) is 20.1 Å². The van der Waals surface area contributed by atoms with Gasteiger partial charge in [-0.2, -0.15) is 4.98 Å². The van der Waals surface area contributed by atoms with Crippen molar-refractivity contribution in [1.29, 1.82) is 0 Å². The number of imidazole rings is 1. The van der Waals surface area contributed by atoms with Crippen molar-refractivity contribution in [2.24, 2.45) is 5.92 Å². The molecule has 11 heteroatoms. The van der Waals surface area contributed by atoms with Crippen LogP contribution in [0.25, 0.3) is 11.2 Å². The van der Waals surface area contributed by atoms with Gasteiger partial charge in [0, 0.05) is 19.5 Å². The molecule has 32 heavy (non-hydrogen) atoms. The number of esters is 1. The molecule has 11 nitrogen and oxygen atoms in total. The van der Waals surface area contributed by atoms with E-state index in [4.69, 9.17) is 9.26 Å². The van der Waals surface area contributed by atoms with E-state index in [-0.39, 0.29) is 24.7 Å². The molecular formula is C21H30N6O5. The lowest BCUT2D eigenvalue weighted by molar-refractivity contribution is -0.149. The number of carbonyl (C=O) groups excluding carboxylic acids is 1. The van der Waals surface area contributed by atoms with Crippen LogP contribution in [0.2, 0.25) is 0 Å². The highest BCUT2D eigenvalue weighted by Crippen LogP contribution is 2.18. The molecule has 3 heterocycles. The molecule has 3 aromatic heterocycles. The van der Waals surface area contributed by atoms with Crippen LogP contribution in [-0.4, -0.2) is 35.2 Å². The minimum atomic E-state index is -0.666. The highest BCUT2D eigenvalue weighted by Gasteiger charge is 2.22. The van der Waals surface area contributed by atoms with Gasteiger partial charge in [-0.05, 0) is 26.2 Å². The first-order chi connectivity index (χ1) is 15.2. The van der Waals surface area contributed by atoms with Crippen LogP contribution < -0.4 is 11.2 Å². The average molecular weight is 447 g/mol. The summed E-state index contributed by atoms with van der Waals surface area (Å²) in [4.78, 5) is 48.5. The second-order valence-corrected chi connectivity index (χ2v) is 8.28. The Kier molecular flexibility index (Phi) is 7.26. The van der Waals surface area contributed by atoms with E-state index in [1.807, 2.05) is 20.8 Å². The molecule has 0 saturated carbocycles. The molecule has 0 bridgehead atoms. The number of unbranched alkanes of at least 4 members (excludes halogenated alkanes) is 1. The van der Waals surface area contributed by atoms with Gasteiger partial charge in [-0.15, -0.1) is 0 Å². The van der Waals surface area contributed by atoms with Gasteiger partial charge in [-0.1, -0.05) is 32.3 Å². The number of aromatic nitrogens is 6. The van der Waals surface area contributed by atoms with Crippen LogP contribution in [0.3, 0.4) is 0 Å². The number of nitrogens with zero attached hydrogens (tertiary/aromatic N) is 5. The van der Waals surface area contributed by atoms with Crippen molar-refractivity contribution in [2.75, 3.05) is 0 Å². The summed E-state index contributed by atoms with van der Waals surface area (Å²) in [6.07, 6.45) is 1.33. The van der Waals surface area contributed by atoms with Gasteiger partial charge in [-0.3, -0.25) is 19.1 Å². The van der Waals surface area contributed by atoms with Gasteiger partial charge in [0.25, 0.3) is 11.4 Å². The molecule has 0 amide bonds. The molecule has 174 valence electrons. The van der Waals surface area contributed by atoms with Crippen molar-refractivity contribution in [3.63, 3.8) is 0 Å². The summed E-state index contributed by atoms with van der Waals surface area (Å²) < 4.78 is 13.7. The van der Waals surface area contributed by atoms with E-state index >= 15 is 0 Å². The lowest BCUT2D eigenvalue weighted by Crippen LogP contribution is -2.31. The maximum atomic E-state index is 12.6. The predicted molar refractivity (Wildman–Crippen MR) is 116 cm³/mol. The normalized spacial score (nSPS) is 12.6. The van der Waals surface area contributed by atoms with Crippen LogP contribution in [0.1, 0.15) is 70.6 Å². The maximum absolute atomic E-state index is 12.6. The summed E-state index contributed by atoms with van der Waals surface area (Å²) in [5, 5.41) is 3.70. The highest BCUT2D eigenvalue weighted by atomic mass is 16.6. The fourth-order valence-electron chi connectivity index (χ4n) is 3.49. The number of rotatable bonds is 10. The highest BCUT2D eigenvalue weighted by molar-refractivity contribution is 5.72.